The van der Waals surface area contributed by atoms with Crippen LogP contribution >= 0.6 is 11.8 Å². The van der Waals surface area contributed by atoms with Crippen molar-refractivity contribution in [3.63, 3.8) is 0 Å². The Labute approximate surface area is 182 Å². The van der Waals surface area contributed by atoms with E-state index in [4.69, 9.17) is 9.15 Å². The van der Waals surface area contributed by atoms with Gasteiger partial charge in [0.2, 0.25) is 5.89 Å². The number of oxazole rings is 1. The fraction of sp³-hybridized carbons (Fsp3) is 0.0417. The summed E-state index contributed by atoms with van der Waals surface area (Å²) in [6.07, 6.45) is 2.63. The van der Waals surface area contributed by atoms with Gasteiger partial charge in [0, 0.05) is 21.9 Å². The van der Waals surface area contributed by atoms with E-state index in [0.29, 0.717) is 17.0 Å². The van der Waals surface area contributed by atoms with Crippen molar-refractivity contribution < 1.29 is 18.7 Å². The number of hydrogen-bond donors (Lipinski definition) is 0. The van der Waals surface area contributed by atoms with E-state index in [1.165, 1.54) is 12.2 Å². The summed E-state index contributed by atoms with van der Waals surface area (Å²) in [7, 11) is 0. The summed E-state index contributed by atoms with van der Waals surface area (Å²) in [6, 6.07) is 22.6. The SMILES string of the molecule is O=C(/C=C/c1nc2ccccc2o1)OCC(=O)N1c2ccccc2Sc2ccccc21. The molecule has 1 aromatic heterocycles. The smallest absolute Gasteiger partial charge is 0.331 e. The normalized spacial score (nSPS) is 12.6. The van der Waals surface area contributed by atoms with Crippen LogP contribution in [0.25, 0.3) is 17.2 Å². The van der Waals surface area contributed by atoms with E-state index in [0.717, 1.165) is 21.2 Å². The lowest BCUT2D eigenvalue weighted by Gasteiger charge is -2.30. The topological polar surface area (TPSA) is 72.6 Å². The molecule has 0 atom stereocenters. The number of amides is 1. The van der Waals surface area contributed by atoms with Crippen molar-refractivity contribution in [2.45, 2.75) is 9.79 Å². The molecule has 1 aliphatic heterocycles. The first kappa shape index (κ1) is 19.1. The second-order valence-corrected chi connectivity index (χ2v) is 7.81. The van der Waals surface area contributed by atoms with E-state index in [1.807, 2.05) is 66.7 Å². The molecule has 4 aromatic rings. The molecular weight excluding hydrogens is 412 g/mol. The Hall–Kier alpha value is -3.84. The quantitative estimate of drug-likeness (QED) is 0.328. The number of ether oxygens (including phenoxy) is 1. The second-order valence-electron chi connectivity index (χ2n) is 6.73. The average molecular weight is 428 g/mol. The molecule has 0 spiro atoms. The summed E-state index contributed by atoms with van der Waals surface area (Å²) in [6.45, 7) is -0.385. The molecule has 0 radical (unpaired) electrons. The number of anilines is 2. The lowest BCUT2D eigenvalue weighted by molar-refractivity contribution is -0.142. The molecule has 2 heterocycles. The van der Waals surface area contributed by atoms with Crippen molar-refractivity contribution in [2.75, 3.05) is 11.5 Å². The molecule has 0 unspecified atom stereocenters. The minimum Gasteiger partial charge on any atom is -0.452 e. The number of esters is 1. The fourth-order valence-corrected chi connectivity index (χ4v) is 4.38. The van der Waals surface area contributed by atoms with Crippen molar-refractivity contribution >= 4 is 52.2 Å². The maximum Gasteiger partial charge on any atom is 0.331 e. The van der Waals surface area contributed by atoms with Crippen LogP contribution < -0.4 is 4.90 Å². The van der Waals surface area contributed by atoms with Crippen LogP contribution in [0.15, 0.2) is 93.1 Å². The second kappa shape index (κ2) is 8.12. The maximum absolute atomic E-state index is 13.0. The van der Waals surface area contributed by atoms with Gasteiger partial charge in [0.1, 0.15) is 5.52 Å². The third kappa shape index (κ3) is 3.83. The highest BCUT2D eigenvalue weighted by molar-refractivity contribution is 7.99. The monoisotopic (exact) mass is 428 g/mol. The van der Waals surface area contributed by atoms with Gasteiger partial charge in [-0.25, -0.2) is 9.78 Å². The number of carbonyl (C=O) groups is 2. The molecule has 7 heteroatoms. The highest BCUT2D eigenvalue weighted by atomic mass is 32.2. The number of hydrogen-bond acceptors (Lipinski definition) is 6. The molecule has 1 aliphatic rings. The largest absolute Gasteiger partial charge is 0.452 e. The number of fused-ring (bicyclic) bond motifs is 3. The summed E-state index contributed by atoms with van der Waals surface area (Å²) in [5.74, 6) is -0.687. The van der Waals surface area contributed by atoms with Crippen LogP contribution in [-0.4, -0.2) is 23.5 Å². The first-order valence-corrected chi connectivity index (χ1v) is 10.4. The molecular formula is C24H16N2O4S. The highest BCUT2D eigenvalue weighted by Crippen LogP contribution is 2.47. The molecule has 0 bridgehead atoms. The predicted octanol–water partition coefficient (Wildman–Crippen LogP) is 5.21. The third-order valence-electron chi connectivity index (χ3n) is 4.69. The zero-order chi connectivity index (χ0) is 21.2. The Bertz CT molecular complexity index is 1250. The van der Waals surface area contributed by atoms with Crippen LogP contribution in [-0.2, 0) is 14.3 Å². The van der Waals surface area contributed by atoms with Gasteiger partial charge < -0.3 is 9.15 Å². The summed E-state index contributed by atoms with van der Waals surface area (Å²) < 4.78 is 10.7. The molecule has 0 aliphatic carbocycles. The molecule has 0 fully saturated rings. The zero-order valence-corrected chi connectivity index (χ0v) is 17.0. The predicted molar refractivity (Wildman–Crippen MR) is 118 cm³/mol. The number of benzene rings is 3. The Morgan fingerprint density at radius 3 is 2.29 bits per heavy atom. The van der Waals surface area contributed by atoms with Crippen LogP contribution in [0.1, 0.15) is 5.89 Å². The van der Waals surface area contributed by atoms with Gasteiger partial charge in [0.05, 0.1) is 11.4 Å². The van der Waals surface area contributed by atoms with Crippen molar-refractivity contribution in [1.29, 1.82) is 0 Å². The molecule has 0 saturated heterocycles. The van der Waals surface area contributed by atoms with Crippen LogP contribution in [0.5, 0.6) is 0 Å². The first-order valence-electron chi connectivity index (χ1n) is 9.58. The summed E-state index contributed by atoms with van der Waals surface area (Å²) in [5.41, 5.74) is 2.88. The van der Waals surface area contributed by atoms with E-state index < -0.39 is 5.97 Å². The van der Waals surface area contributed by atoms with Crippen LogP contribution in [0.4, 0.5) is 11.4 Å². The maximum atomic E-state index is 13.0. The lowest BCUT2D eigenvalue weighted by Crippen LogP contribution is -2.32. The highest BCUT2D eigenvalue weighted by Gasteiger charge is 2.28. The van der Waals surface area contributed by atoms with Crippen LogP contribution in [0.3, 0.4) is 0 Å². The summed E-state index contributed by atoms with van der Waals surface area (Å²) in [4.78, 5) is 33.0. The molecule has 0 saturated carbocycles. The van der Waals surface area contributed by atoms with E-state index >= 15 is 0 Å². The Morgan fingerprint density at radius 2 is 1.58 bits per heavy atom. The summed E-state index contributed by atoms with van der Waals surface area (Å²) >= 11 is 1.61. The molecule has 0 N–H and O–H groups in total. The third-order valence-corrected chi connectivity index (χ3v) is 5.82. The van der Waals surface area contributed by atoms with Gasteiger partial charge in [-0.05, 0) is 36.4 Å². The van der Waals surface area contributed by atoms with Gasteiger partial charge in [-0.15, -0.1) is 0 Å². The van der Waals surface area contributed by atoms with E-state index in [2.05, 4.69) is 4.98 Å². The molecule has 6 nitrogen and oxygen atoms in total. The lowest BCUT2D eigenvalue weighted by atomic mass is 10.2. The summed E-state index contributed by atoms with van der Waals surface area (Å²) in [5, 5.41) is 0. The van der Waals surface area contributed by atoms with Gasteiger partial charge in [-0.1, -0.05) is 48.2 Å². The number of aromatic nitrogens is 1. The number of para-hydroxylation sites is 4. The molecule has 5 rings (SSSR count). The fourth-order valence-electron chi connectivity index (χ4n) is 3.32. The van der Waals surface area contributed by atoms with Gasteiger partial charge in [-0.2, -0.15) is 0 Å². The standard InChI is InChI=1S/C24H16N2O4S/c27-23(15-29-24(28)14-13-22-25-16-7-1-4-10-19(16)30-22)26-17-8-2-5-11-20(17)31-21-12-6-3-9-18(21)26/h1-14H,15H2/b14-13+. The number of rotatable bonds is 4. The van der Waals surface area contributed by atoms with E-state index in [1.54, 1.807) is 22.7 Å². The van der Waals surface area contributed by atoms with Gasteiger partial charge >= 0.3 is 5.97 Å². The van der Waals surface area contributed by atoms with Gasteiger partial charge in [0.25, 0.3) is 5.91 Å². The number of nitrogens with zero attached hydrogens (tertiary/aromatic N) is 2. The molecule has 3 aromatic carbocycles. The minimum atomic E-state index is -0.649. The Balaban J connectivity index is 1.30. The van der Waals surface area contributed by atoms with Crippen LogP contribution in [0, 0.1) is 0 Å². The Morgan fingerprint density at radius 1 is 0.935 bits per heavy atom. The van der Waals surface area contributed by atoms with Crippen molar-refractivity contribution in [3.8, 4) is 0 Å². The zero-order valence-electron chi connectivity index (χ0n) is 16.2. The minimum absolute atomic E-state index is 0.292. The molecule has 31 heavy (non-hydrogen) atoms. The van der Waals surface area contributed by atoms with E-state index in [9.17, 15) is 9.59 Å². The van der Waals surface area contributed by atoms with Crippen LogP contribution in [0.2, 0.25) is 0 Å². The van der Waals surface area contributed by atoms with Crippen molar-refractivity contribution in [2.24, 2.45) is 0 Å². The van der Waals surface area contributed by atoms with Crippen molar-refractivity contribution in [3.05, 3.63) is 84.8 Å². The van der Waals surface area contributed by atoms with Crippen molar-refractivity contribution in [1.82, 2.24) is 4.98 Å². The van der Waals surface area contributed by atoms with Gasteiger partial charge in [-0.3, -0.25) is 9.69 Å². The van der Waals surface area contributed by atoms with Gasteiger partial charge in [0.15, 0.2) is 12.2 Å². The average Bonchev–Trinajstić information content (AvgIpc) is 3.22. The molecule has 152 valence electrons. The first-order chi connectivity index (χ1) is 15.2. The Kier molecular flexibility index (Phi) is 5.01. The number of carbonyl (C=O) groups excluding carboxylic acids is 2. The van der Waals surface area contributed by atoms with E-state index in [-0.39, 0.29) is 12.5 Å². The molecule has 1 amide bonds.